The Kier molecular flexibility index (Phi) is 11.9. The first-order chi connectivity index (χ1) is 16.3. The van der Waals surface area contributed by atoms with Crippen LogP contribution in [0.5, 0.6) is 0 Å². The van der Waals surface area contributed by atoms with Gasteiger partial charge in [-0.1, -0.05) is 13.8 Å². The average molecular weight is 500 g/mol. The zero-order chi connectivity index (χ0) is 26.7. The molecule has 14 heteroatoms. The second kappa shape index (κ2) is 14.1. The van der Waals surface area contributed by atoms with Crippen LogP contribution in [0.1, 0.15) is 52.4 Å². The molecule has 1 saturated heterocycles. The fraction of sp³-hybridized carbons (Fsp3) is 0.714. The van der Waals surface area contributed by atoms with Gasteiger partial charge in [0.25, 0.3) is 0 Å². The molecule has 10 N–H and O–H groups in total. The van der Waals surface area contributed by atoms with Crippen LogP contribution in [0.4, 0.5) is 0 Å². The maximum Gasteiger partial charge on any atom is 0.326 e. The molecule has 0 aliphatic carbocycles. The van der Waals surface area contributed by atoms with Crippen LogP contribution in [0.15, 0.2) is 4.99 Å². The maximum atomic E-state index is 13.0. The summed E-state index contributed by atoms with van der Waals surface area (Å²) in [7, 11) is 0. The van der Waals surface area contributed by atoms with E-state index in [4.69, 9.17) is 17.2 Å². The van der Waals surface area contributed by atoms with E-state index in [1.807, 2.05) is 13.8 Å². The predicted molar refractivity (Wildman–Crippen MR) is 126 cm³/mol. The fourth-order valence-electron chi connectivity index (χ4n) is 3.77. The minimum absolute atomic E-state index is 0.0345. The van der Waals surface area contributed by atoms with Crippen LogP contribution in [-0.4, -0.2) is 88.0 Å². The third kappa shape index (κ3) is 10.2. The normalized spacial score (nSPS) is 17.8. The Morgan fingerprint density at radius 1 is 1.06 bits per heavy atom. The third-order valence-electron chi connectivity index (χ3n) is 5.46. The van der Waals surface area contributed by atoms with E-state index in [-0.39, 0.29) is 44.2 Å². The molecule has 0 spiro atoms. The highest BCUT2D eigenvalue weighted by Crippen LogP contribution is 2.19. The summed E-state index contributed by atoms with van der Waals surface area (Å²) in [5.74, 6) is -4.81. The highest BCUT2D eigenvalue weighted by Gasteiger charge is 2.39. The molecule has 0 bridgehead atoms. The number of carboxylic acids is 2. The van der Waals surface area contributed by atoms with E-state index in [1.54, 1.807) is 0 Å². The van der Waals surface area contributed by atoms with Crippen molar-refractivity contribution in [2.75, 3.05) is 13.1 Å². The van der Waals surface area contributed by atoms with Gasteiger partial charge in [-0.25, -0.2) is 4.79 Å². The number of carbonyl (C=O) groups excluding carboxylic acids is 3. The summed E-state index contributed by atoms with van der Waals surface area (Å²) < 4.78 is 0. The summed E-state index contributed by atoms with van der Waals surface area (Å²) in [6, 6.07) is -4.59. The van der Waals surface area contributed by atoms with Gasteiger partial charge < -0.3 is 42.9 Å². The van der Waals surface area contributed by atoms with Crippen LogP contribution < -0.4 is 27.8 Å². The van der Waals surface area contributed by atoms with Crippen LogP contribution in [-0.2, 0) is 24.0 Å². The lowest BCUT2D eigenvalue weighted by molar-refractivity contribution is -0.150. The molecule has 198 valence electrons. The summed E-state index contributed by atoms with van der Waals surface area (Å²) in [6.45, 7) is 4.07. The quantitative estimate of drug-likeness (QED) is 0.0781. The average Bonchev–Trinajstić information content (AvgIpc) is 3.24. The molecule has 35 heavy (non-hydrogen) atoms. The molecule has 0 aromatic heterocycles. The molecular formula is C21H37N7O7. The molecule has 14 nitrogen and oxygen atoms in total. The molecule has 0 saturated carbocycles. The zero-order valence-corrected chi connectivity index (χ0v) is 20.1. The Bertz CT molecular complexity index is 814. The first-order valence-corrected chi connectivity index (χ1v) is 11.5. The lowest BCUT2D eigenvalue weighted by Gasteiger charge is -2.28. The van der Waals surface area contributed by atoms with Gasteiger partial charge in [0, 0.05) is 13.1 Å². The van der Waals surface area contributed by atoms with Gasteiger partial charge in [0.2, 0.25) is 17.7 Å². The number of nitrogens with two attached hydrogens (primary N) is 3. The lowest BCUT2D eigenvalue weighted by Crippen LogP contribution is -2.57. The van der Waals surface area contributed by atoms with Crippen molar-refractivity contribution in [1.29, 1.82) is 0 Å². The van der Waals surface area contributed by atoms with E-state index >= 15 is 0 Å². The van der Waals surface area contributed by atoms with Crippen molar-refractivity contribution in [3.8, 4) is 0 Å². The molecule has 4 unspecified atom stereocenters. The largest absolute Gasteiger partial charge is 0.481 e. The first-order valence-electron chi connectivity index (χ1n) is 11.5. The number of amides is 3. The minimum atomic E-state index is -1.49. The predicted octanol–water partition coefficient (Wildman–Crippen LogP) is -2.07. The van der Waals surface area contributed by atoms with Crippen molar-refractivity contribution in [1.82, 2.24) is 15.5 Å². The summed E-state index contributed by atoms with van der Waals surface area (Å²) in [6.07, 6.45) is 0.840. The van der Waals surface area contributed by atoms with Crippen molar-refractivity contribution < 1.29 is 34.2 Å². The van der Waals surface area contributed by atoms with Crippen LogP contribution in [0.3, 0.4) is 0 Å². The Hall–Kier alpha value is -3.42. The van der Waals surface area contributed by atoms with Gasteiger partial charge in [-0.05, 0) is 38.0 Å². The fourth-order valence-corrected chi connectivity index (χ4v) is 3.77. The summed E-state index contributed by atoms with van der Waals surface area (Å²) in [5, 5.41) is 23.6. The monoisotopic (exact) mass is 499 g/mol. The van der Waals surface area contributed by atoms with E-state index in [1.165, 1.54) is 0 Å². The molecule has 1 aliphatic heterocycles. The van der Waals surface area contributed by atoms with E-state index in [9.17, 15) is 34.2 Å². The van der Waals surface area contributed by atoms with Gasteiger partial charge in [0.05, 0.1) is 12.5 Å². The number of nitrogens with zero attached hydrogens (tertiary/aromatic N) is 2. The number of hydrogen-bond donors (Lipinski definition) is 7. The van der Waals surface area contributed by atoms with Crippen molar-refractivity contribution in [2.24, 2.45) is 28.1 Å². The highest BCUT2D eigenvalue weighted by atomic mass is 16.4. The number of likely N-dealkylation sites (tertiary alicyclic amines) is 1. The van der Waals surface area contributed by atoms with Gasteiger partial charge in [0.1, 0.15) is 18.1 Å². The molecule has 1 rings (SSSR count). The van der Waals surface area contributed by atoms with Gasteiger partial charge in [-0.2, -0.15) is 0 Å². The first kappa shape index (κ1) is 29.6. The molecular weight excluding hydrogens is 462 g/mol. The molecule has 0 aromatic rings. The second-order valence-corrected chi connectivity index (χ2v) is 8.93. The molecule has 4 atom stereocenters. The number of nitrogens with one attached hydrogen (secondary N) is 2. The SMILES string of the molecule is CC(C)CC(NC(=O)C(N)CCCN=C(N)N)C(=O)NC(CC(=O)O)C(=O)N1CCCC1C(=O)O. The smallest absolute Gasteiger partial charge is 0.326 e. The molecule has 0 aromatic carbocycles. The number of aliphatic carboxylic acids is 2. The number of hydrogen-bond acceptors (Lipinski definition) is 7. The molecule has 3 amide bonds. The lowest BCUT2D eigenvalue weighted by atomic mass is 10.0. The molecule has 1 aliphatic rings. The number of rotatable bonds is 14. The Balaban J connectivity index is 2.91. The van der Waals surface area contributed by atoms with Crippen molar-refractivity contribution in [3.05, 3.63) is 0 Å². The highest BCUT2D eigenvalue weighted by molar-refractivity contribution is 5.95. The van der Waals surface area contributed by atoms with E-state index in [0.717, 1.165) is 4.90 Å². The van der Waals surface area contributed by atoms with Crippen LogP contribution in [0, 0.1) is 5.92 Å². The summed E-state index contributed by atoms with van der Waals surface area (Å²) in [4.78, 5) is 66.2. The van der Waals surface area contributed by atoms with E-state index in [0.29, 0.717) is 12.8 Å². The topological polar surface area (TPSA) is 244 Å². The van der Waals surface area contributed by atoms with Crippen LogP contribution in [0.2, 0.25) is 0 Å². The van der Waals surface area contributed by atoms with Gasteiger partial charge in [-0.3, -0.25) is 24.2 Å². The van der Waals surface area contributed by atoms with Gasteiger partial charge in [-0.15, -0.1) is 0 Å². The van der Waals surface area contributed by atoms with E-state index in [2.05, 4.69) is 15.6 Å². The molecule has 0 radical (unpaired) electrons. The van der Waals surface area contributed by atoms with Crippen LogP contribution >= 0.6 is 0 Å². The second-order valence-electron chi connectivity index (χ2n) is 8.93. The summed E-state index contributed by atoms with van der Waals surface area (Å²) >= 11 is 0. The Labute approximate surface area is 203 Å². The standard InChI is InChI=1S/C21H37N7O7/c1-11(2)9-13(26-17(31)12(22)5-3-7-25-21(23)24)18(32)27-14(10-16(29)30)19(33)28-8-4-6-15(28)20(34)35/h11-15H,3-10,22H2,1-2H3,(H,26,31)(H,27,32)(H,29,30)(H,34,35)(H4,23,24,25). The zero-order valence-electron chi connectivity index (χ0n) is 20.1. The number of carbonyl (C=O) groups is 5. The number of aliphatic imine (C=N–C) groups is 1. The third-order valence-corrected chi connectivity index (χ3v) is 5.46. The molecule has 1 fully saturated rings. The Morgan fingerprint density at radius 2 is 1.69 bits per heavy atom. The molecule has 1 heterocycles. The van der Waals surface area contributed by atoms with Crippen molar-refractivity contribution >= 4 is 35.6 Å². The van der Waals surface area contributed by atoms with Gasteiger partial charge >= 0.3 is 11.9 Å². The van der Waals surface area contributed by atoms with Gasteiger partial charge in [0.15, 0.2) is 5.96 Å². The maximum absolute atomic E-state index is 13.0. The van der Waals surface area contributed by atoms with E-state index < -0.39 is 60.2 Å². The van der Waals surface area contributed by atoms with Crippen molar-refractivity contribution in [2.45, 2.75) is 76.5 Å². The minimum Gasteiger partial charge on any atom is -0.481 e. The van der Waals surface area contributed by atoms with Crippen molar-refractivity contribution in [3.63, 3.8) is 0 Å². The summed E-state index contributed by atoms with van der Waals surface area (Å²) in [5.41, 5.74) is 16.4. The number of carboxylic acid groups (broad SMARTS) is 2. The number of guanidine groups is 1. The van der Waals surface area contributed by atoms with Crippen LogP contribution in [0.25, 0.3) is 0 Å². The Morgan fingerprint density at radius 3 is 2.23 bits per heavy atom.